The van der Waals surface area contributed by atoms with Crippen LogP contribution in [0.3, 0.4) is 0 Å². The first-order chi connectivity index (χ1) is 19.4. The zero-order chi connectivity index (χ0) is 28.2. The van der Waals surface area contributed by atoms with Gasteiger partial charge in [0.15, 0.2) is 0 Å². The van der Waals surface area contributed by atoms with Crippen molar-refractivity contribution in [3.05, 3.63) is 68.6 Å². The molecule has 1 N–H and O–H groups in total. The number of nitrogens with one attached hydrogen (secondary N) is 1. The molecule has 0 bridgehead atoms. The van der Waals surface area contributed by atoms with E-state index in [1.165, 1.54) is 20.8 Å². The zero-order valence-corrected chi connectivity index (χ0v) is 24.8. The molecule has 0 saturated carbocycles. The number of carbonyl (C=O) groups excluding carboxylic acids is 2. The lowest BCUT2D eigenvalue weighted by Gasteiger charge is -2.20. The number of esters is 1. The van der Waals surface area contributed by atoms with Crippen molar-refractivity contribution < 1.29 is 14.3 Å². The average Bonchev–Trinajstić information content (AvgIpc) is 3.55. The lowest BCUT2D eigenvalue weighted by molar-refractivity contribution is -0.116. The Morgan fingerprint density at radius 1 is 1.07 bits per heavy atom. The summed E-state index contributed by atoms with van der Waals surface area (Å²) in [5, 5.41) is 3.97. The first-order valence-corrected chi connectivity index (χ1v) is 15.5. The summed E-state index contributed by atoms with van der Waals surface area (Å²) in [5.74, 6) is -0.305. The van der Waals surface area contributed by atoms with Gasteiger partial charge in [-0.25, -0.2) is 9.78 Å². The molecule has 8 nitrogen and oxygen atoms in total. The quantitative estimate of drug-likeness (QED) is 0.242. The molecule has 40 heavy (non-hydrogen) atoms. The van der Waals surface area contributed by atoms with E-state index in [9.17, 15) is 14.4 Å². The van der Waals surface area contributed by atoms with E-state index in [0.29, 0.717) is 28.3 Å². The maximum absolute atomic E-state index is 13.9. The number of nitrogens with zero attached hydrogens (tertiary/aromatic N) is 3. The third kappa shape index (κ3) is 5.75. The summed E-state index contributed by atoms with van der Waals surface area (Å²) in [6, 6.07) is 11.4. The molecule has 0 fully saturated rings. The minimum Gasteiger partial charge on any atom is -0.462 e. The van der Waals surface area contributed by atoms with Crippen LogP contribution in [0, 0.1) is 0 Å². The first kappa shape index (κ1) is 28.2. The van der Waals surface area contributed by atoms with Crippen molar-refractivity contribution >= 4 is 49.8 Å². The number of thiophene rings is 2. The van der Waals surface area contributed by atoms with Gasteiger partial charge in [-0.2, -0.15) is 0 Å². The highest BCUT2D eigenvalue weighted by molar-refractivity contribution is 7.20. The third-order valence-electron chi connectivity index (χ3n) is 7.25. The maximum Gasteiger partial charge on any atom is 0.341 e. The molecule has 0 spiro atoms. The molecule has 0 atom stereocenters. The fourth-order valence-corrected chi connectivity index (χ4v) is 7.45. The third-order valence-corrected chi connectivity index (χ3v) is 9.54. The Morgan fingerprint density at radius 3 is 2.55 bits per heavy atom. The SMILES string of the molecule is CCOC(=O)c1cc(-c2ccccc2)sc1NC(=O)Cn1c(CN(CC)CC)nc2sc3c(c2c1=O)CCCC3. The Labute approximate surface area is 241 Å². The zero-order valence-electron chi connectivity index (χ0n) is 23.1. The van der Waals surface area contributed by atoms with Gasteiger partial charge in [-0.3, -0.25) is 19.1 Å². The molecule has 0 unspecified atom stereocenters. The highest BCUT2D eigenvalue weighted by Gasteiger charge is 2.25. The molecule has 0 radical (unpaired) electrons. The second kappa shape index (κ2) is 12.4. The minimum atomic E-state index is -0.497. The molecule has 1 amide bonds. The van der Waals surface area contributed by atoms with Crippen LogP contribution in [-0.4, -0.2) is 46.0 Å². The Kier molecular flexibility index (Phi) is 8.78. The number of aryl methyl sites for hydroxylation is 2. The second-order valence-electron chi connectivity index (χ2n) is 9.76. The van der Waals surface area contributed by atoms with Gasteiger partial charge in [0, 0.05) is 9.75 Å². The number of rotatable bonds is 10. The van der Waals surface area contributed by atoms with Gasteiger partial charge >= 0.3 is 5.97 Å². The van der Waals surface area contributed by atoms with Crippen LogP contribution in [0.25, 0.3) is 20.7 Å². The van der Waals surface area contributed by atoms with E-state index in [1.807, 2.05) is 30.3 Å². The van der Waals surface area contributed by atoms with Crippen LogP contribution < -0.4 is 10.9 Å². The molecule has 5 rings (SSSR count). The van der Waals surface area contributed by atoms with E-state index in [1.54, 1.807) is 24.3 Å². The number of benzene rings is 1. The summed E-state index contributed by atoms with van der Waals surface area (Å²) in [6.45, 7) is 8.00. The van der Waals surface area contributed by atoms with Crippen LogP contribution >= 0.6 is 22.7 Å². The van der Waals surface area contributed by atoms with Crippen LogP contribution in [0.2, 0.25) is 0 Å². The molecule has 0 saturated heterocycles. The fraction of sp³-hybridized carbons (Fsp3) is 0.400. The van der Waals surface area contributed by atoms with Gasteiger partial charge in [-0.05, 0) is 62.9 Å². The standard InChI is InChI=1S/C30H34N4O4S2/c1-4-33(5-2)17-24-31-28-26(20-14-10-11-15-22(20)39-28)29(36)34(24)18-25(35)32-27-21(30(37)38-6-3)16-23(40-27)19-12-8-7-9-13-19/h7-9,12-13,16H,4-6,10-11,14-15,17-18H2,1-3H3,(H,32,35). The Hall–Kier alpha value is -3.34. The topological polar surface area (TPSA) is 93.5 Å². The lowest BCUT2D eigenvalue weighted by atomic mass is 9.97. The van der Waals surface area contributed by atoms with E-state index >= 15 is 0 Å². The summed E-state index contributed by atoms with van der Waals surface area (Å²) >= 11 is 2.93. The number of hydrogen-bond donors (Lipinski definition) is 1. The average molecular weight is 579 g/mol. The van der Waals surface area contributed by atoms with Crippen molar-refractivity contribution in [1.29, 1.82) is 0 Å². The van der Waals surface area contributed by atoms with Crippen molar-refractivity contribution in [2.75, 3.05) is 25.0 Å². The van der Waals surface area contributed by atoms with E-state index < -0.39 is 5.97 Å². The number of hydrogen-bond acceptors (Lipinski definition) is 8. The summed E-state index contributed by atoms with van der Waals surface area (Å²) in [7, 11) is 0. The van der Waals surface area contributed by atoms with Gasteiger partial charge in [-0.15, -0.1) is 22.7 Å². The van der Waals surface area contributed by atoms with Crippen LogP contribution in [0.4, 0.5) is 5.00 Å². The predicted octanol–water partition coefficient (Wildman–Crippen LogP) is 5.72. The number of aromatic nitrogens is 2. The Balaban J connectivity index is 1.51. The summed E-state index contributed by atoms with van der Waals surface area (Å²) in [6.07, 6.45) is 4.02. The predicted molar refractivity (Wildman–Crippen MR) is 161 cm³/mol. The monoisotopic (exact) mass is 578 g/mol. The van der Waals surface area contributed by atoms with E-state index in [2.05, 4.69) is 24.1 Å². The molecule has 1 aliphatic rings. The van der Waals surface area contributed by atoms with Gasteiger partial charge < -0.3 is 10.1 Å². The fourth-order valence-electron chi connectivity index (χ4n) is 5.11. The second-order valence-corrected chi connectivity index (χ2v) is 11.9. The Bertz CT molecular complexity index is 1580. The number of fused-ring (bicyclic) bond motifs is 3. The molecule has 1 aromatic carbocycles. The van der Waals surface area contributed by atoms with Crippen molar-refractivity contribution in [2.45, 2.75) is 59.5 Å². The molecule has 4 aromatic rings. The van der Waals surface area contributed by atoms with Gasteiger partial charge in [0.25, 0.3) is 5.56 Å². The van der Waals surface area contributed by atoms with Gasteiger partial charge in [0.2, 0.25) is 5.91 Å². The lowest BCUT2D eigenvalue weighted by Crippen LogP contribution is -2.34. The van der Waals surface area contributed by atoms with Crippen LogP contribution in [-0.2, 0) is 35.5 Å². The van der Waals surface area contributed by atoms with Crippen molar-refractivity contribution in [3.63, 3.8) is 0 Å². The molecule has 0 aliphatic heterocycles. The van der Waals surface area contributed by atoms with Gasteiger partial charge in [0.1, 0.15) is 22.2 Å². The summed E-state index contributed by atoms with van der Waals surface area (Å²) < 4.78 is 6.78. The smallest absolute Gasteiger partial charge is 0.341 e. The Morgan fingerprint density at radius 2 is 1.82 bits per heavy atom. The molecule has 3 aromatic heterocycles. The van der Waals surface area contributed by atoms with Crippen LogP contribution in [0.5, 0.6) is 0 Å². The minimum absolute atomic E-state index is 0.163. The number of carbonyl (C=O) groups is 2. The number of anilines is 1. The first-order valence-electron chi connectivity index (χ1n) is 13.9. The van der Waals surface area contributed by atoms with Crippen LogP contribution in [0.15, 0.2) is 41.2 Å². The van der Waals surface area contributed by atoms with Crippen molar-refractivity contribution in [3.8, 4) is 10.4 Å². The van der Waals surface area contributed by atoms with Crippen molar-refractivity contribution in [2.24, 2.45) is 0 Å². The van der Waals surface area contributed by atoms with Gasteiger partial charge in [0.05, 0.1) is 24.1 Å². The normalized spacial score (nSPS) is 13.0. The highest BCUT2D eigenvalue weighted by atomic mass is 32.1. The largest absolute Gasteiger partial charge is 0.462 e. The molecule has 1 aliphatic carbocycles. The number of amides is 1. The summed E-state index contributed by atoms with van der Waals surface area (Å²) in [4.78, 5) is 50.2. The van der Waals surface area contributed by atoms with Crippen LogP contribution in [0.1, 0.15) is 60.2 Å². The molecular formula is C30H34N4O4S2. The summed E-state index contributed by atoms with van der Waals surface area (Å²) in [5.41, 5.74) is 2.18. The molecule has 10 heteroatoms. The molecule has 3 heterocycles. The van der Waals surface area contributed by atoms with E-state index in [0.717, 1.165) is 59.6 Å². The van der Waals surface area contributed by atoms with E-state index in [4.69, 9.17) is 9.72 Å². The van der Waals surface area contributed by atoms with E-state index in [-0.39, 0.29) is 24.6 Å². The highest BCUT2D eigenvalue weighted by Crippen LogP contribution is 2.36. The molecular weight excluding hydrogens is 544 g/mol. The van der Waals surface area contributed by atoms with Crippen molar-refractivity contribution in [1.82, 2.24) is 14.5 Å². The molecule has 210 valence electrons. The number of ether oxygens (including phenoxy) is 1. The maximum atomic E-state index is 13.9. The van der Waals surface area contributed by atoms with Gasteiger partial charge in [-0.1, -0.05) is 44.2 Å².